The SMILES string of the molecule is CCOC1CC(O)(c2c(F)ccc(C)c2F)C1. The highest BCUT2D eigenvalue weighted by molar-refractivity contribution is 5.33. The second-order valence-corrected chi connectivity index (χ2v) is 4.57. The smallest absolute Gasteiger partial charge is 0.135 e. The molecule has 17 heavy (non-hydrogen) atoms. The predicted molar refractivity (Wildman–Crippen MR) is 59.6 cm³/mol. The lowest BCUT2D eigenvalue weighted by molar-refractivity contribution is -0.145. The fourth-order valence-electron chi connectivity index (χ4n) is 2.33. The minimum atomic E-state index is -1.42. The Morgan fingerprint density at radius 3 is 2.65 bits per heavy atom. The maximum Gasteiger partial charge on any atom is 0.135 e. The van der Waals surface area contributed by atoms with Crippen LogP contribution in [-0.2, 0) is 10.3 Å². The average Bonchev–Trinajstić information content (AvgIpc) is 2.22. The zero-order valence-electron chi connectivity index (χ0n) is 9.96. The highest BCUT2D eigenvalue weighted by Gasteiger charge is 2.47. The fraction of sp³-hybridized carbons (Fsp3) is 0.538. The van der Waals surface area contributed by atoms with Crippen molar-refractivity contribution in [3.63, 3.8) is 0 Å². The standard InChI is InChI=1S/C13H16F2O2/c1-3-17-9-6-13(16,7-9)11-10(14)5-4-8(2)12(11)15/h4-5,9,16H,3,6-7H2,1-2H3. The largest absolute Gasteiger partial charge is 0.385 e. The number of hydrogen-bond donors (Lipinski definition) is 1. The Labute approximate surface area is 99.2 Å². The van der Waals surface area contributed by atoms with E-state index in [0.717, 1.165) is 0 Å². The van der Waals surface area contributed by atoms with Gasteiger partial charge in [0.1, 0.15) is 17.2 Å². The van der Waals surface area contributed by atoms with Crippen LogP contribution in [0.3, 0.4) is 0 Å². The van der Waals surface area contributed by atoms with Crippen molar-refractivity contribution in [1.82, 2.24) is 0 Å². The Bertz CT molecular complexity index is 426. The van der Waals surface area contributed by atoms with Gasteiger partial charge < -0.3 is 9.84 Å². The molecule has 1 N–H and O–H groups in total. The molecule has 4 heteroatoms. The van der Waals surface area contributed by atoms with Crippen molar-refractivity contribution >= 4 is 0 Å². The summed E-state index contributed by atoms with van der Waals surface area (Å²) in [6.45, 7) is 3.95. The van der Waals surface area contributed by atoms with Gasteiger partial charge in [-0.2, -0.15) is 0 Å². The van der Waals surface area contributed by atoms with Crippen LogP contribution in [0.1, 0.15) is 30.9 Å². The van der Waals surface area contributed by atoms with E-state index in [9.17, 15) is 13.9 Å². The van der Waals surface area contributed by atoms with E-state index >= 15 is 0 Å². The molecule has 1 aromatic carbocycles. The molecule has 0 aliphatic heterocycles. The van der Waals surface area contributed by atoms with Crippen LogP contribution in [0.5, 0.6) is 0 Å². The first-order chi connectivity index (χ1) is 7.98. The Morgan fingerprint density at radius 2 is 2.06 bits per heavy atom. The summed E-state index contributed by atoms with van der Waals surface area (Å²) in [7, 11) is 0. The van der Waals surface area contributed by atoms with Crippen molar-refractivity contribution < 1.29 is 18.6 Å². The van der Waals surface area contributed by atoms with E-state index in [2.05, 4.69) is 0 Å². The van der Waals surface area contributed by atoms with Crippen molar-refractivity contribution in [3.8, 4) is 0 Å². The highest BCUT2D eigenvalue weighted by Crippen LogP contribution is 2.45. The maximum absolute atomic E-state index is 13.9. The molecule has 1 aromatic rings. The summed E-state index contributed by atoms with van der Waals surface area (Å²) in [6.07, 6.45) is 0.389. The van der Waals surface area contributed by atoms with Crippen LogP contribution in [-0.4, -0.2) is 17.8 Å². The molecular weight excluding hydrogens is 226 g/mol. The molecule has 1 fully saturated rings. The number of rotatable bonds is 3. The molecule has 0 bridgehead atoms. The molecule has 1 aliphatic rings. The molecule has 2 rings (SSSR count). The van der Waals surface area contributed by atoms with E-state index in [4.69, 9.17) is 4.74 Å². The van der Waals surface area contributed by atoms with Gasteiger partial charge in [0.05, 0.1) is 11.7 Å². The topological polar surface area (TPSA) is 29.5 Å². The maximum atomic E-state index is 13.9. The van der Waals surface area contributed by atoms with Crippen molar-refractivity contribution in [2.45, 2.75) is 38.4 Å². The molecule has 0 spiro atoms. The molecule has 1 aliphatic carbocycles. The summed E-state index contributed by atoms with van der Waals surface area (Å²) in [4.78, 5) is 0. The average molecular weight is 242 g/mol. The van der Waals surface area contributed by atoms with Crippen LogP contribution >= 0.6 is 0 Å². The van der Waals surface area contributed by atoms with E-state index in [1.165, 1.54) is 12.1 Å². The number of ether oxygens (including phenoxy) is 1. The van der Waals surface area contributed by atoms with Gasteiger partial charge in [-0.3, -0.25) is 0 Å². The first kappa shape index (κ1) is 12.5. The quantitative estimate of drug-likeness (QED) is 0.883. The van der Waals surface area contributed by atoms with Crippen molar-refractivity contribution in [2.75, 3.05) is 6.61 Å². The molecule has 94 valence electrons. The summed E-state index contributed by atoms with van der Waals surface area (Å²) in [6, 6.07) is 2.57. The summed E-state index contributed by atoms with van der Waals surface area (Å²) in [5, 5.41) is 10.2. The zero-order chi connectivity index (χ0) is 12.6. The molecule has 1 saturated carbocycles. The monoisotopic (exact) mass is 242 g/mol. The zero-order valence-corrected chi connectivity index (χ0v) is 9.96. The summed E-state index contributed by atoms with van der Waals surface area (Å²) < 4.78 is 32.8. The molecule has 0 atom stereocenters. The lowest BCUT2D eigenvalue weighted by Gasteiger charge is -2.43. The van der Waals surface area contributed by atoms with Crippen molar-refractivity contribution in [3.05, 3.63) is 34.9 Å². The van der Waals surface area contributed by atoms with Gasteiger partial charge in [0.2, 0.25) is 0 Å². The third-order valence-electron chi connectivity index (χ3n) is 3.28. The van der Waals surface area contributed by atoms with Crippen LogP contribution < -0.4 is 0 Å². The predicted octanol–water partition coefficient (Wildman–Crippen LogP) is 2.66. The first-order valence-electron chi connectivity index (χ1n) is 5.77. The lowest BCUT2D eigenvalue weighted by atomic mass is 9.72. The third kappa shape index (κ3) is 2.07. The van der Waals surface area contributed by atoms with Gasteiger partial charge in [0.25, 0.3) is 0 Å². The van der Waals surface area contributed by atoms with E-state index in [1.807, 2.05) is 6.92 Å². The minimum Gasteiger partial charge on any atom is -0.385 e. The Hall–Kier alpha value is -1.00. The third-order valence-corrected chi connectivity index (χ3v) is 3.28. The second kappa shape index (κ2) is 4.35. The molecule has 0 heterocycles. The lowest BCUT2D eigenvalue weighted by Crippen LogP contribution is -2.47. The molecular formula is C13H16F2O2. The van der Waals surface area contributed by atoms with Crippen LogP contribution in [0, 0.1) is 18.6 Å². The van der Waals surface area contributed by atoms with Crippen LogP contribution in [0.4, 0.5) is 8.78 Å². The molecule has 0 saturated heterocycles. The van der Waals surface area contributed by atoms with Gasteiger partial charge in [-0.05, 0) is 25.5 Å². The molecule has 0 aromatic heterocycles. The van der Waals surface area contributed by atoms with Gasteiger partial charge in [0.15, 0.2) is 0 Å². The number of benzene rings is 1. The summed E-state index contributed by atoms with van der Waals surface area (Å²) in [5.41, 5.74) is -1.29. The number of halogens is 2. The van der Waals surface area contributed by atoms with Crippen molar-refractivity contribution in [1.29, 1.82) is 0 Å². The van der Waals surface area contributed by atoms with Gasteiger partial charge in [0, 0.05) is 19.4 Å². The van der Waals surface area contributed by atoms with Crippen molar-refractivity contribution in [2.24, 2.45) is 0 Å². The molecule has 0 unspecified atom stereocenters. The Morgan fingerprint density at radius 1 is 1.41 bits per heavy atom. The van der Waals surface area contributed by atoms with Gasteiger partial charge in [-0.15, -0.1) is 0 Å². The molecule has 0 amide bonds. The van der Waals surface area contributed by atoms with E-state index in [1.54, 1.807) is 6.92 Å². The Balaban J connectivity index is 2.27. The van der Waals surface area contributed by atoms with E-state index in [-0.39, 0.29) is 24.5 Å². The highest BCUT2D eigenvalue weighted by atomic mass is 19.1. The summed E-state index contributed by atoms with van der Waals surface area (Å²) >= 11 is 0. The fourth-order valence-corrected chi connectivity index (χ4v) is 2.33. The van der Waals surface area contributed by atoms with Gasteiger partial charge in [-0.25, -0.2) is 8.78 Å². The number of aliphatic hydroxyl groups is 1. The molecule has 2 nitrogen and oxygen atoms in total. The van der Waals surface area contributed by atoms with Crippen LogP contribution in [0.2, 0.25) is 0 Å². The van der Waals surface area contributed by atoms with Crippen LogP contribution in [0.25, 0.3) is 0 Å². The number of aryl methyl sites for hydroxylation is 1. The van der Waals surface area contributed by atoms with E-state index < -0.39 is 17.2 Å². The second-order valence-electron chi connectivity index (χ2n) is 4.57. The number of hydrogen-bond acceptors (Lipinski definition) is 2. The van der Waals surface area contributed by atoms with Crippen LogP contribution in [0.15, 0.2) is 12.1 Å². The van der Waals surface area contributed by atoms with Gasteiger partial charge in [-0.1, -0.05) is 6.07 Å². The normalized spacial score (nSPS) is 27.9. The Kier molecular flexibility index (Phi) is 3.19. The minimum absolute atomic E-state index is 0.107. The van der Waals surface area contributed by atoms with E-state index in [0.29, 0.717) is 12.2 Å². The van der Waals surface area contributed by atoms with Gasteiger partial charge >= 0.3 is 0 Å². The molecule has 0 radical (unpaired) electrons. The summed E-state index contributed by atoms with van der Waals surface area (Å²) in [5.74, 6) is -1.34. The first-order valence-corrected chi connectivity index (χ1v) is 5.77.